The molecule has 0 amide bonds. The van der Waals surface area contributed by atoms with Crippen molar-refractivity contribution < 1.29 is 13.9 Å². The van der Waals surface area contributed by atoms with Crippen LogP contribution in [-0.4, -0.2) is 25.5 Å². The van der Waals surface area contributed by atoms with Gasteiger partial charge in [-0.3, -0.25) is 9.78 Å². The number of aliphatic hydroxyl groups is 1. The van der Waals surface area contributed by atoms with Crippen LogP contribution in [0.4, 0.5) is 8.78 Å². The van der Waals surface area contributed by atoms with Crippen LogP contribution in [0.5, 0.6) is 0 Å². The summed E-state index contributed by atoms with van der Waals surface area (Å²) < 4.78 is 28.3. The largest absolute Gasteiger partial charge is 0.387 e. The molecule has 126 valence electrons. The van der Waals surface area contributed by atoms with Crippen molar-refractivity contribution in [3.8, 4) is 0 Å². The summed E-state index contributed by atoms with van der Waals surface area (Å²) in [6.07, 6.45) is 2.27. The molecule has 2 N–H and O–H groups in total. The maximum atomic E-state index is 13.3. The Morgan fingerprint density at radius 2 is 1.96 bits per heavy atom. The second-order valence-electron chi connectivity index (χ2n) is 6.79. The van der Waals surface area contributed by atoms with Gasteiger partial charge in [0.2, 0.25) is 4.77 Å². The Kier molecular flexibility index (Phi) is 5.01. The summed E-state index contributed by atoms with van der Waals surface area (Å²) in [4.78, 5) is 3.94. The minimum absolute atomic E-state index is 0.249. The molecule has 0 fully saturated rings. The summed E-state index contributed by atoms with van der Waals surface area (Å²) >= 11 is 5.10. The van der Waals surface area contributed by atoms with Gasteiger partial charge in [-0.1, -0.05) is 26.8 Å². The van der Waals surface area contributed by atoms with Gasteiger partial charge in [0.15, 0.2) is 11.6 Å². The normalized spacial score (nSPS) is 14.7. The summed E-state index contributed by atoms with van der Waals surface area (Å²) in [7, 11) is 0. The molecule has 0 radical (unpaired) electrons. The number of hydrogen-bond donors (Lipinski definition) is 2. The summed E-state index contributed by atoms with van der Waals surface area (Å²) in [5.41, 5.74) is -0.895. The number of aryl methyl sites for hydroxylation is 1. The van der Waals surface area contributed by atoms with Crippen LogP contribution in [0.2, 0.25) is 0 Å². The first-order valence-corrected chi connectivity index (χ1v) is 7.80. The zero-order valence-electron chi connectivity index (χ0n) is 13.4. The van der Waals surface area contributed by atoms with E-state index >= 15 is 0 Å². The molecule has 23 heavy (non-hydrogen) atoms. The molecule has 7 heteroatoms. The van der Waals surface area contributed by atoms with E-state index in [0.29, 0.717) is 23.2 Å². The van der Waals surface area contributed by atoms with Crippen molar-refractivity contribution in [1.82, 2.24) is 14.8 Å². The monoisotopic (exact) mass is 341 g/mol. The maximum absolute atomic E-state index is 13.3. The number of hydrogen-bond acceptors (Lipinski definition) is 3. The van der Waals surface area contributed by atoms with E-state index < -0.39 is 22.7 Å². The Labute approximate surface area is 139 Å². The van der Waals surface area contributed by atoms with E-state index in [2.05, 4.69) is 10.1 Å². The van der Waals surface area contributed by atoms with Crippen molar-refractivity contribution in [2.75, 3.05) is 0 Å². The van der Waals surface area contributed by atoms with Gasteiger partial charge in [0, 0.05) is 0 Å². The molecule has 0 aliphatic carbocycles. The Hall–Kier alpha value is -1.60. The van der Waals surface area contributed by atoms with E-state index in [0.717, 1.165) is 6.07 Å². The van der Waals surface area contributed by atoms with Gasteiger partial charge in [-0.05, 0) is 48.2 Å². The lowest BCUT2D eigenvalue weighted by Crippen LogP contribution is -2.47. The fraction of sp³-hybridized carbons (Fsp3) is 0.500. The van der Waals surface area contributed by atoms with Crippen LogP contribution in [0.1, 0.15) is 32.8 Å². The van der Waals surface area contributed by atoms with E-state index in [9.17, 15) is 13.9 Å². The molecule has 2 rings (SSSR count). The maximum Gasteiger partial charge on any atom is 0.215 e. The smallest absolute Gasteiger partial charge is 0.215 e. The molecule has 1 aromatic carbocycles. The van der Waals surface area contributed by atoms with E-state index in [1.807, 2.05) is 20.8 Å². The van der Waals surface area contributed by atoms with Crippen molar-refractivity contribution in [3.05, 3.63) is 46.5 Å². The molecule has 2 aromatic rings. The van der Waals surface area contributed by atoms with Crippen molar-refractivity contribution in [2.24, 2.45) is 5.41 Å². The van der Waals surface area contributed by atoms with Gasteiger partial charge in [0.05, 0.1) is 12.1 Å². The third-order valence-corrected chi connectivity index (χ3v) is 4.57. The van der Waals surface area contributed by atoms with Crippen molar-refractivity contribution >= 4 is 12.2 Å². The number of benzene rings is 1. The summed E-state index contributed by atoms with van der Waals surface area (Å²) in [6.45, 7) is 6.04. The molecule has 0 saturated carbocycles. The average molecular weight is 341 g/mol. The van der Waals surface area contributed by atoms with Crippen LogP contribution >= 0.6 is 12.2 Å². The molecule has 1 unspecified atom stereocenters. The quantitative estimate of drug-likeness (QED) is 0.817. The Balaban J connectivity index is 2.20. The van der Waals surface area contributed by atoms with Crippen molar-refractivity contribution in [3.63, 3.8) is 0 Å². The molecule has 0 aliphatic heterocycles. The second kappa shape index (κ2) is 6.49. The first-order valence-electron chi connectivity index (χ1n) is 7.39. The minimum Gasteiger partial charge on any atom is -0.387 e. The van der Waals surface area contributed by atoms with Crippen LogP contribution in [-0.2, 0) is 13.0 Å². The van der Waals surface area contributed by atoms with E-state index in [4.69, 9.17) is 12.2 Å². The fourth-order valence-corrected chi connectivity index (χ4v) is 2.56. The van der Waals surface area contributed by atoms with Gasteiger partial charge in [0.1, 0.15) is 6.33 Å². The molecule has 0 saturated heterocycles. The second-order valence-corrected chi connectivity index (χ2v) is 7.15. The predicted molar refractivity (Wildman–Crippen MR) is 86.5 cm³/mol. The number of H-pyrrole nitrogens is 1. The number of aromatic nitrogens is 3. The molecule has 4 nitrogen and oxygen atoms in total. The lowest BCUT2D eigenvalue weighted by molar-refractivity contribution is -0.0799. The van der Waals surface area contributed by atoms with Crippen LogP contribution in [0, 0.1) is 21.8 Å². The summed E-state index contributed by atoms with van der Waals surface area (Å²) in [5.74, 6) is -1.75. The number of nitrogens with zero attached hydrogens (tertiary/aromatic N) is 2. The molecular weight excluding hydrogens is 320 g/mol. The first-order chi connectivity index (χ1) is 10.6. The minimum atomic E-state index is -1.09. The lowest BCUT2D eigenvalue weighted by Gasteiger charge is -2.40. The van der Waals surface area contributed by atoms with Crippen molar-refractivity contribution in [1.29, 1.82) is 0 Å². The Morgan fingerprint density at radius 3 is 2.48 bits per heavy atom. The van der Waals surface area contributed by atoms with Crippen LogP contribution in [0.3, 0.4) is 0 Å². The predicted octanol–water partition coefficient (Wildman–Crippen LogP) is 3.63. The highest BCUT2D eigenvalue weighted by Crippen LogP contribution is 2.35. The molecule has 0 aliphatic rings. The molecule has 0 spiro atoms. The van der Waals surface area contributed by atoms with Gasteiger partial charge >= 0.3 is 0 Å². The van der Waals surface area contributed by atoms with Gasteiger partial charge < -0.3 is 5.11 Å². The molecule has 0 bridgehead atoms. The lowest BCUT2D eigenvalue weighted by atomic mass is 9.73. The van der Waals surface area contributed by atoms with E-state index in [-0.39, 0.29) is 6.54 Å². The molecular formula is C16H21F2N3OS. The van der Waals surface area contributed by atoms with E-state index in [1.54, 1.807) is 4.68 Å². The molecule has 1 atom stereocenters. The highest BCUT2D eigenvalue weighted by Gasteiger charge is 2.40. The highest BCUT2D eigenvalue weighted by atomic mass is 32.1. The van der Waals surface area contributed by atoms with Crippen LogP contribution in [0.25, 0.3) is 0 Å². The Bertz CT molecular complexity index is 735. The molecule has 1 aromatic heterocycles. The summed E-state index contributed by atoms with van der Waals surface area (Å²) in [6, 6.07) is 3.80. The van der Waals surface area contributed by atoms with Gasteiger partial charge in [-0.2, -0.15) is 0 Å². The number of halogens is 2. The number of nitrogens with one attached hydrogen (secondary N) is 1. The number of rotatable bonds is 5. The van der Waals surface area contributed by atoms with Crippen LogP contribution < -0.4 is 0 Å². The highest BCUT2D eigenvalue weighted by molar-refractivity contribution is 7.71. The van der Waals surface area contributed by atoms with Crippen LogP contribution in [0.15, 0.2) is 24.5 Å². The molecule has 1 heterocycles. The van der Waals surface area contributed by atoms with E-state index in [1.165, 1.54) is 18.5 Å². The third-order valence-electron chi connectivity index (χ3n) is 4.25. The number of aromatic amines is 1. The SMILES string of the molecule is CC(C)(C)C(O)(CCc1ccc(F)c(F)c1)Cn1[nH]cnc1=S. The zero-order chi connectivity index (χ0) is 17.3. The topological polar surface area (TPSA) is 53.8 Å². The average Bonchev–Trinajstić information content (AvgIpc) is 2.84. The van der Waals surface area contributed by atoms with Gasteiger partial charge in [0.25, 0.3) is 0 Å². The third kappa shape index (κ3) is 4.03. The van der Waals surface area contributed by atoms with Gasteiger partial charge in [-0.25, -0.2) is 13.8 Å². The standard InChI is InChI=1S/C16H21F2N3OS/c1-15(2,3)16(22,9-21-14(23)19-10-20-21)7-6-11-4-5-12(17)13(18)8-11/h4-5,8,10,22H,6-7,9H2,1-3H3,(H,19,20,23). The zero-order valence-corrected chi connectivity index (χ0v) is 14.3. The first kappa shape index (κ1) is 17.7. The summed E-state index contributed by atoms with van der Waals surface area (Å²) in [5, 5.41) is 14.0. The fourth-order valence-electron chi connectivity index (χ4n) is 2.39. The van der Waals surface area contributed by atoms with Gasteiger partial charge in [-0.15, -0.1) is 0 Å². The van der Waals surface area contributed by atoms with Crippen molar-refractivity contribution in [2.45, 2.75) is 45.8 Å². The Morgan fingerprint density at radius 1 is 1.26 bits per heavy atom.